The van der Waals surface area contributed by atoms with Crippen LogP contribution in [-0.4, -0.2) is 35.7 Å². The molecule has 1 rings (SSSR count). The van der Waals surface area contributed by atoms with Crippen molar-refractivity contribution in [2.45, 2.75) is 52.9 Å². The number of carbonyl (C=O) groups is 3. The van der Waals surface area contributed by atoms with Crippen LogP contribution in [0.25, 0.3) is 0 Å². The van der Waals surface area contributed by atoms with Crippen molar-refractivity contribution in [2.75, 3.05) is 13.1 Å². The van der Waals surface area contributed by atoms with Gasteiger partial charge >= 0.3 is 0 Å². The molecule has 0 aromatic rings. The lowest BCUT2D eigenvalue weighted by molar-refractivity contribution is -0.144. The molecule has 1 saturated heterocycles. The molecular formula is C17H31N3O3. The van der Waals surface area contributed by atoms with Gasteiger partial charge in [0.05, 0.1) is 5.92 Å². The van der Waals surface area contributed by atoms with Gasteiger partial charge in [-0.25, -0.2) is 0 Å². The molecule has 1 aliphatic heterocycles. The normalized spacial score (nSPS) is 21.0. The summed E-state index contributed by atoms with van der Waals surface area (Å²) in [6.07, 6.45) is 3.54. The molecule has 3 atom stereocenters. The van der Waals surface area contributed by atoms with Crippen molar-refractivity contribution in [3.05, 3.63) is 0 Å². The molecule has 0 spiro atoms. The summed E-state index contributed by atoms with van der Waals surface area (Å²) in [7, 11) is 0. The second-order valence-electron chi connectivity index (χ2n) is 7.06. The van der Waals surface area contributed by atoms with Crippen LogP contribution in [0.3, 0.4) is 0 Å². The van der Waals surface area contributed by atoms with Crippen molar-refractivity contribution in [1.82, 2.24) is 4.90 Å². The summed E-state index contributed by atoms with van der Waals surface area (Å²) in [6, 6.07) is 0. The monoisotopic (exact) mass is 325 g/mol. The Kier molecular flexibility index (Phi) is 7.52. The molecule has 0 bridgehead atoms. The maximum absolute atomic E-state index is 13.0. The molecule has 0 aliphatic carbocycles. The number of nitrogens with zero attached hydrogens (tertiary/aromatic N) is 1. The Labute approximate surface area is 138 Å². The van der Waals surface area contributed by atoms with Crippen LogP contribution in [0.1, 0.15) is 52.9 Å². The zero-order valence-electron chi connectivity index (χ0n) is 14.6. The van der Waals surface area contributed by atoms with Gasteiger partial charge in [-0.1, -0.05) is 27.2 Å². The van der Waals surface area contributed by atoms with Crippen molar-refractivity contribution in [2.24, 2.45) is 35.1 Å². The molecule has 6 heteroatoms. The lowest BCUT2D eigenvalue weighted by atomic mass is 9.80. The molecule has 1 heterocycles. The zero-order valence-corrected chi connectivity index (χ0v) is 14.6. The summed E-state index contributed by atoms with van der Waals surface area (Å²) in [5.41, 5.74) is 10.9. The quantitative estimate of drug-likeness (QED) is 0.702. The molecule has 1 fully saturated rings. The number of nitrogens with two attached hydrogens (primary N) is 2. The van der Waals surface area contributed by atoms with Crippen LogP contribution in [0.4, 0.5) is 0 Å². The van der Waals surface area contributed by atoms with Gasteiger partial charge in [0.2, 0.25) is 17.7 Å². The van der Waals surface area contributed by atoms with E-state index in [1.54, 1.807) is 4.90 Å². The lowest BCUT2D eigenvalue weighted by Gasteiger charge is -2.36. The number of primary amides is 2. The fraction of sp³-hybridized carbons (Fsp3) is 0.824. The topological polar surface area (TPSA) is 106 Å². The number of hydrogen-bond donors (Lipinski definition) is 2. The first-order chi connectivity index (χ1) is 10.8. The van der Waals surface area contributed by atoms with E-state index in [4.69, 9.17) is 11.5 Å². The predicted octanol–water partition coefficient (Wildman–Crippen LogP) is 1.27. The highest BCUT2D eigenvalue weighted by molar-refractivity contribution is 5.87. The molecule has 3 amide bonds. The molecule has 3 unspecified atom stereocenters. The van der Waals surface area contributed by atoms with Crippen LogP contribution < -0.4 is 11.5 Å². The summed E-state index contributed by atoms with van der Waals surface area (Å²) in [6.45, 7) is 7.03. The van der Waals surface area contributed by atoms with E-state index in [1.165, 1.54) is 0 Å². The Morgan fingerprint density at radius 1 is 1.17 bits per heavy atom. The fourth-order valence-electron chi connectivity index (χ4n) is 3.44. The third-order valence-electron chi connectivity index (χ3n) is 4.63. The summed E-state index contributed by atoms with van der Waals surface area (Å²) < 4.78 is 0. The van der Waals surface area contributed by atoms with Crippen molar-refractivity contribution in [1.29, 1.82) is 0 Å². The van der Waals surface area contributed by atoms with Gasteiger partial charge in [0.1, 0.15) is 0 Å². The maximum Gasteiger partial charge on any atom is 0.226 e. The Morgan fingerprint density at radius 3 is 2.30 bits per heavy atom. The highest BCUT2D eigenvalue weighted by Crippen LogP contribution is 2.28. The number of hydrogen-bond acceptors (Lipinski definition) is 3. The van der Waals surface area contributed by atoms with Gasteiger partial charge in [-0.05, 0) is 31.6 Å². The van der Waals surface area contributed by atoms with Crippen molar-refractivity contribution in [3.8, 4) is 0 Å². The number of piperidine rings is 1. The van der Waals surface area contributed by atoms with E-state index in [9.17, 15) is 14.4 Å². The average molecular weight is 325 g/mol. The number of amides is 3. The van der Waals surface area contributed by atoms with Crippen molar-refractivity contribution >= 4 is 17.7 Å². The predicted molar refractivity (Wildman–Crippen MR) is 89.0 cm³/mol. The van der Waals surface area contributed by atoms with Gasteiger partial charge in [0, 0.05) is 24.9 Å². The smallest absolute Gasteiger partial charge is 0.226 e. The Morgan fingerprint density at radius 2 is 1.83 bits per heavy atom. The second-order valence-corrected chi connectivity index (χ2v) is 7.06. The highest BCUT2D eigenvalue weighted by atomic mass is 16.2. The molecule has 4 N–H and O–H groups in total. The largest absolute Gasteiger partial charge is 0.369 e. The van der Waals surface area contributed by atoms with Crippen LogP contribution in [-0.2, 0) is 14.4 Å². The molecule has 6 nitrogen and oxygen atoms in total. The molecule has 0 radical (unpaired) electrons. The third kappa shape index (κ3) is 5.52. The minimum atomic E-state index is -0.441. The summed E-state index contributed by atoms with van der Waals surface area (Å²) in [5.74, 6) is -1.66. The van der Waals surface area contributed by atoms with Crippen molar-refractivity contribution in [3.63, 3.8) is 0 Å². The van der Waals surface area contributed by atoms with Gasteiger partial charge in [0.25, 0.3) is 0 Å². The van der Waals surface area contributed by atoms with Crippen LogP contribution in [0.2, 0.25) is 0 Å². The first-order valence-corrected chi connectivity index (χ1v) is 8.65. The summed E-state index contributed by atoms with van der Waals surface area (Å²) in [5, 5.41) is 0. The van der Waals surface area contributed by atoms with Gasteiger partial charge in [-0.15, -0.1) is 0 Å². The Bertz CT molecular complexity index is 437. The van der Waals surface area contributed by atoms with Crippen LogP contribution >= 0.6 is 0 Å². The van der Waals surface area contributed by atoms with E-state index in [1.807, 2.05) is 20.8 Å². The summed E-state index contributed by atoms with van der Waals surface area (Å²) >= 11 is 0. The van der Waals surface area contributed by atoms with Gasteiger partial charge in [0.15, 0.2) is 0 Å². The number of rotatable bonds is 8. The Hall–Kier alpha value is -1.59. The van der Waals surface area contributed by atoms with Gasteiger partial charge in [-0.2, -0.15) is 0 Å². The third-order valence-corrected chi connectivity index (χ3v) is 4.63. The van der Waals surface area contributed by atoms with E-state index < -0.39 is 17.7 Å². The minimum Gasteiger partial charge on any atom is -0.369 e. The van der Waals surface area contributed by atoms with E-state index in [-0.39, 0.29) is 17.7 Å². The van der Waals surface area contributed by atoms with E-state index >= 15 is 0 Å². The molecule has 0 aromatic heterocycles. The van der Waals surface area contributed by atoms with Crippen molar-refractivity contribution < 1.29 is 14.4 Å². The van der Waals surface area contributed by atoms with Gasteiger partial charge in [-0.3, -0.25) is 14.4 Å². The minimum absolute atomic E-state index is 0.0538. The number of likely N-dealkylation sites (tertiary alicyclic amines) is 1. The van der Waals surface area contributed by atoms with E-state index in [0.717, 1.165) is 19.3 Å². The zero-order chi connectivity index (χ0) is 17.6. The summed E-state index contributed by atoms with van der Waals surface area (Å²) in [4.78, 5) is 38.0. The molecule has 23 heavy (non-hydrogen) atoms. The standard InChI is InChI=1S/C17H31N3O3/c1-4-6-13(16(19)22)14(9-11(2)3)17(23)20-8-5-7-12(10-20)15(18)21/h11-14H,4-10H2,1-3H3,(H2,18,21)(H2,19,22). The van der Waals surface area contributed by atoms with Crippen LogP contribution in [0.5, 0.6) is 0 Å². The number of carbonyl (C=O) groups excluding carboxylic acids is 3. The molecule has 0 aromatic carbocycles. The van der Waals surface area contributed by atoms with Crippen LogP contribution in [0, 0.1) is 23.7 Å². The van der Waals surface area contributed by atoms with E-state index in [0.29, 0.717) is 31.8 Å². The maximum atomic E-state index is 13.0. The van der Waals surface area contributed by atoms with Gasteiger partial charge < -0.3 is 16.4 Å². The van der Waals surface area contributed by atoms with Crippen LogP contribution in [0.15, 0.2) is 0 Å². The lowest BCUT2D eigenvalue weighted by Crippen LogP contribution is -2.49. The second kappa shape index (κ2) is 8.89. The molecule has 0 saturated carbocycles. The molecular weight excluding hydrogens is 294 g/mol. The first kappa shape index (κ1) is 19.5. The molecule has 1 aliphatic rings. The highest BCUT2D eigenvalue weighted by Gasteiger charge is 2.37. The molecule has 132 valence electrons. The fourth-order valence-corrected chi connectivity index (χ4v) is 3.44. The van der Waals surface area contributed by atoms with E-state index in [2.05, 4.69) is 0 Å². The SMILES string of the molecule is CCCC(C(N)=O)C(CC(C)C)C(=O)N1CCCC(C(N)=O)C1. The average Bonchev–Trinajstić information content (AvgIpc) is 2.49. The first-order valence-electron chi connectivity index (χ1n) is 8.65. The Balaban J connectivity index is 2.93.